The summed E-state index contributed by atoms with van der Waals surface area (Å²) in [4.78, 5) is 33.7. The van der Waals surface area contributed by atoms with Gasteiger partial charge in [-0.25, -0.2) is 9.59 Å². The summed E-state index contributed by atoms with van der Waals surface area (Å²) >= 11 is 0. The Balaban J connectivity index is 2.22. The molecule has 0 unspecified atom stereocenters. The fourth-order valence-electron chi connectivity index (χ4n) is 1.77. The van der Waals surface area contributed by atoms with Gasteiger partial charge < -0.3 is 14.0 Å². The number of nitrogens with zero attached hydrogens (tertiary/aromatic N) is 2. The van der Waals surface area contributed by atoms with E-state index in [1.165, 1.54) is 0 Å². The smallest absolute Gasteiger partial charge is 0.338 e. The van der Waals surface area contributed by atoms with Crippen LogP contribution in [-0.2, 0) is 16.1 Å². The number of aromatic nitrogens is 1. The third kappa shape index (κ3) is 3.90. The zero-order chi connectivity index (χ0) is 17.0. The third-order valence-electron chi connectivity index (χ3n) is 2.81. The van der Waals surface area contributed by atoms with Crippen molar-refractivity contribution in [1.29, 1.82) is 0 Å². The summed E-state index contributed by atoms with van der Waals surface area (Å²) in [5.74, 6) is -1.31. The van der Waals surface area contributed by atoms with E-state index in [-0.39, 0.29) is 17.7 Å². The van der Waals surface area contributed by atoms with E-state index in [1.54, 1.807) is 13.0 Å². The molecule has 2 rings (SSSR count). The number of benzene rings is 1. The first-order chi connectivity index (χ1) is 10.9. The van der Waals surface area contributed by atoms with E-state index >= 15 is 0 Å². The zero-order valence-corrected chi connectivity index (χ0v) is 12.3. The number of hydrogen-bond donors (Lipinski definition) is 0. The summed E-state index contributed by atoms with van der Waals surface area (Å²) < 4.78 is 14.4. The minimum absolute atomic E-state index is 0.121. The highest BCUT2D eigenvalue weighted by Crippen LogP contribution is 2.19. The van der Waals surface area contributed by atoms with Gasteiger partial charge in [0.15, 0.2) is 12.4 Å². The van der Waals surface area contributed by atoms with Gasteiger partial charge in [-0.1, -0.05) is 5.16 Å². The van der Waals surface area contributed by atoms with Crippen molar-refractivity contribution in [3.63, 3.8) is 0 Å². The molecule has 2 aromatic rings. The number of carbonyl (C=O) groups excluding carboxylic acids is 2. The number of ether oxygens (including phenoxy) is 2. The highest BCUT2D eigenvalue weighted by atomic mass is 16.6. The predicted octanol–water partition coefficient (Wildman–Crippen LogP) is 2.03. The number of nitro benzene ring substituents is 1. The average Bonchev–Trinajstić information content (AvgIpc) is 2.96. The Morgan fingerprint density at radius 1 is 1.22 bits per heavy atom. The van der Waals surface area contributed by atoms with Gasteiger partial charge in [-0.2, -0.15) is 0 Å². The molecule has 0 radical (unpaired) electrons. The quantitative estimate of drug-likeness (QED) is 0.466. The number of hydrogen-bond acceptors (Lipinski definition) is 8. The van der Waals surface area contributed by atoms with Crippen molar-refractivity contribution in [1.82, 2.24) is 5.16 Å². The van der Waals surface area contributed by atoms with E-state index in [4.69, 9.17) is 9.26 Å². The minimum atomic E-state index is -0.840. The number of rotatable bonds is 5. The van der Waals surface area contributed by atoms with Gasteiger partial charge in [0.05, 0.1) is 28.9 Å². The Kier molecular flexibility index (Phi) is 4.69. The van der Waals surface area contributed by atoms with Crippen LogP contribution in [0.2, 0.25) is 0 Å². The topological polar surface area (TPSA) is 122 Å². The van der Waals surface area contributed by atoms with Crippen LogP contribution in [0.3, 0.4) is 0 Å². The summed E-state index contributed by atoms with van der Waals surface area (Å²) in [7, 11) is 1.13. The van der Waals surface area contributed by atoms with Crippen molar-refractivity contribution in [2.45, 2.75) is 13.5 Å². The summed E-state index contributed by atoms with van der Waals surface area (Å²) in [5.41, 5.74) is -0.0604. The van der Waals surface area contributed by atoms with Crippen molar-refractivity contribution < 1.29 is 28.5 Å². The van der Waals surface area contributed by atoms with Gasteiger partial charge in [0.2, 0.25) is 0 Å². The van der Waals surface area contributed by atoms with Crippen LogP contribution in [0.25, 0.3) is 0 Å². The Hall–Kier alpha value is -3.23. The fourth-order valence-corrected chi connectivity index (χ4v) is 1.77. The van der Waals surface area contributed by atoms with Crippen LogP contribution in [0.5, 0.6) is 0 Å². The lowest BCUT2D eigenvalue weighted by Crippen LogP contribution is -2.09. The molecule has 1 heterocycles. The number of esters is 2. The Labute approximate surface area is 129 Å². The second-order valence-electron chi connectivity index (χ2n) is 4.53. The van der Waals surface area contributed by atoms with Crippen LogP contribution < -0.4 is 0 Å². The van der Waals surface area contributed by atoms with E-state index in [9.17, 15) is 19.7 Å². The van der Waals surface area contributed by atoms with Gasteiger partial charge in [-0.3, -0.25) is 10.1 Å². The standard InChI is InChI=1S/C14H12N2O7/c1-8-3-12(23-15-8)7-22-14(18)10-4-9(13(17)21-2)5-11(6-10)16(19)20/h3-6H,7H2,1-2H3. The molecule has 23 heavy (non-hydrogen) atoms. The first kappa shape index (κ1) is 16.1. The maximum Gasteiger partial charge on any atom is 0.338 e. The molecule has 0 atom stereocenters. The molecular formula is C14H12N2O7. The molecular weight excluding hydrogens is 308 g/mol. The summed E-state index contributed by atoms with van der Waals surface area (Å²) in [6, 6.07) is 4.77. The number of aryl methyl sites for hydroxylation is 1. The maximum atomic E-state index is 12.0. The van der Waals surface area contributed by atoms with Gasteiger partial charge in [0, 0.05) is 18.2 Å². The van der Waals surface area contributed by atoms with E-state index in [0.29, 0.717) is 11.5 Å². The lowest BCUT2D eigenvalue weighted by Gasteiger charge is -2.05. The number of methoxy groups -OCH3 is 1. The van der Waals surface area contributed by atoms with Gasteiger partial charge in [-0.15, -0.1) is 0 Å². The lowest BCUT2D eigenvalue weighted by molar-refractivity contribution is -0.384. The first-order valence-electron chi connectivity index (χ1n) is 6.38. The highest BCUT2D eigenvalue weighted by molar-refractivity contribution is 5.96. The van der Waals surface area contributed by atoms with Crippen molar-refractivity contribution in [3.8, 4) is 0 Å². The molecule has 0 aliphatic heterocycles. The van der Waals surface area contributed by atoms with Crippen LogP contribution in [0.15, 0.2) is 28.8 Å². The number of nitro groups is 1. The molecule has 0 N–H and O–H groups in total. The molecule has 0 saturated heterocycles. The van der Waals surface area contributed by atoms with Gasteiger partial charge in [-0.05, 0) is 13.0 Å². The Morgan fingerprint density at radius 3 is 2.39 bits per heavy atom. The first-order valence-corrected chi connectivity index (χ1v) is 6.38. The van der Waals surface area contributed by atoms with Crippen molar-refractivity contribution in [2.24, 2.45) is 0 Å². The SMILES string of the molecule is COC(=O)c1cc(C(=O)OCc2cc(C)no2)cc([N+](=O)[O-])c1. The fraction of sp³-hybridized carbons (Fsp3) is 0.214. The molecule has 0 bridgehead atoms. The summed E-state index contributed by atoms with van der Waals surface area (Å²) in [5, 5.41) is 14.5. The van der Waals surface area contributed by atoms with Gasteiger partial charge in [0.25, 0.3) is 5.69 Å². The average molecular weight is 320 g/mol. The largest absolute Gasteiger partial charge is 0.465 e. The predicted molar refractivity (Wildman–Crippen MR) is 74.8 cm³/mol. The normalized spacial score (nSPS) is 10.2. The van der Waals surface area contributed by atoms with Crippen molar-refractivity contribution in [2.75, 3.05) is 7.11 Å². The van der Waals surface area contributed by atoms with Crippen molar-refractivity contribution in [3.05, 3.63) is 57.0 Å². The highest BCUT2D eigenvalue weighted by Gasteiger charge is 2.19. The molecule has 120 valence electrons. The molecule has 0 aliphatic carbocycles. The van der Waals surface area contributed by atoms with Crippen LogP contribution in [0, 0.1) is 17.0 Å². The van der Waals surface area contributed by atoms with E-state index in [1.807, 2.05) is 0 Å². The van der Waals surface area contributed by atoms with Crippen LogP contribution in [-0.4, -0.2) is 29.1 Å². The molecule has 0 aliphatic rings. The second-order valence-corrected chi connectivity index (χ2v) is 4.53. The molecule has 0 spiro atoms. The van der Waals surface area contributed by atoms with E-state index in [2.05, 4.69) is 9.89 Å². The van der Waals surface area contributed by atoms with Crippen LogP contribution in [0.1, 0.15) is 32.2 Å². The van der Waals surface area contributed by atoms with E-state index < -0.39 is 22.5 Å². The number of carbonyl (C=O) groups is 2. The number of non-ortho nitro benzene ring substituents is 1. The minimum Gasteiger partial charge on any atom is -0.465 e. The van der Waals surface area contributed by atoms with Crippen molar-refractivity contribution >= 4 is 17.6 Å². The molecule has 0 fully saturated rings. The Morgan fingerprint density at radius 2 is 1.87 bits per heavy atom. The summed E-state index contributed by atoms with van der Waals surface area (Å²) in [6.07, 6.45) is 0. The lowest BCUT2D eigenvalue weighted by atomic mass is 10.1. The molecule has 0 amide bonds. The van der Waals surface area contributed by atoms with Crippen LogP contribution in [0.4, 0.5) is 5.69 Å². The maximum absolute atomic E-state index is 12.0. The summed E-state index contributed by atoms with van der Waals surface area (Å²) in [6.45, 7) is 1.52. The molecule has 9 nitrogen and oxygen atoms in total. The Bertz CT molecular complexity index is 766. The second kappa shape index (κ2) is 6.69. The molecule has 1 aromatic carbocycles. The molecule has 0 saturated carbocycles. The molecule has 9 heteroatoms. The van der Waals surface area contributed by atoms with Gasteiger partial charge >= 0.3 is 11.9 Å². The van der Waals surface area contributed by atoms with Crippen LogP contribution >= 0.6 is 0 Å². The monoisotopic (exact) mass is 320 g/mol. The third-order valence-corrected chi connectivity index (χ3v) is 2.81. The molecule has 1 aromatic heterocycles. The van der Waals surface area contributed by atoms with E-state index in [0.717, 1.165) is 25.3 Å². The zero-order valence-electron chi connectivity index (χ0n) is 12.3. The van der Waals surface area contributed by atoms with Gasteiger partial charge in [0.1, 0.15) is 0 Å².